The van der Waals surface area contributed by atoms with Crippen molar-refractivity contribution in [1.82, 2.24) is 4.90 Å². The van der Waals surface area contributed by atoms with Gasteiger partial charge in [0.2, 0.25) is 5.91 Å². The van der Waals surface area contributed by atoms with E-state index in [0.29, 0.717) is 31.3 Å². The Morgan fingerprint density at radius 2 is 1.84 bits per heavy atom. The van der Waals surface area contributed by atoms with E-state index in [1.165, 1.54) is 0 Å². The lowest BCUT2D eigenvalue weighted by Gasteiger charge is -2.34. The average molecular weight is 347 g/mol. The fourth-order valence-electron chi connectivity index (χ4n) is 3.28. The van der Waals surface area contributed by atoms with Crippen LogP contribution >= 0.6 is 0 Å². The Morgan fingerprint density at radius 3 is 2.48 bits per heavy atom. The van der Waals surface area contributed by atoms with Crippen LogP contribution in [0.15, 0.2) is 24.3 Å². The van der Waals surface area contributed by atoms with Crippen LogP contribution in [0.3, 0.4) is 0 Å². The summed E-state index contributed by atoms with van der Waals surface area (Å²) in [5.74, 6) is 1.65. The van der Waals surface area contributed by atoms with E-state index in [0.717, 1.165) is 24.9 Å². The number of carbonyl (C=O) groups excluding carboxylic acids is 1. The standard InChI is InChI=1S/C19H25NO5/c1-22-16-10-14(11-17(12-16)23-2)5-6-18(21)20-7-3-4-15(13-20)19-24-8-9-25-19/h5-6,10-12,15,19H,3-4,7-9,13H2,1-2H3/b6-5+. The van der Waals surface area contributed by atoms with Gasteiger partial charge in [0.1, 0.15) is 11.5 Å². The lowest BCUT2D eigenvalue weighted by molar-refractivity contribution is -0.134. The molecule has 2 heterocycles. The topological polar surface area (TPSA) is 57.2 Å². The maximum Gasteiger partial charge on any atom is 0.246 e. The summed E-state index contributed by atoms with van der Waals surface area (Å²) in [6, 6.07) is 5.53. The first-order chi connectivity index (χ1) is 12.2. The Morgan fingerprint density at radius 1 is 1.16 bits per heavy atom. The van der Waals surface area contributed by atoms with Crippen LogP contribution in [0.1, 0.15) is 18.4 Å². The second-order valence-corrected chi connectivity index (χ2v) is 6.28. The van der Waals surface area contributed by atoms with Crippen LogP contribution in [0.5, 0.6) is 11.5 Å². The molecule has 0 aromatic heterocycles. The van der Waals surface area contributed by atoms with Gasteiger partial charge in [0, 0.05) is 31.1 Å². The number of rotatable bonds is 5. The highest BCUT2D eigenvalue weighted by molar-refractivity contribution is 5.92. The molecule has 6 heteroatoms. The summed E-state index contributed by atoms with van der Waals surface area (Å²) < 4.78 is 21.7. The van der Waals surface area contributed by atoms with Crippen molar-refractivity contribution in [2.24, 2.45) is 5.92 Å². The van der Waals surface area contributed by atoms with E-state index in [2.05, 4.69) is 0 Å². The van der Waals surface area contributed by atoms with Crippen molar-refractivity contribution in [1.29, 1.82) is 0 Å². The van der Waals surface area contributed by atoms with Crippen LogP contribution in [0.2, 0.25) is 0 Å². The van der Waals surface area contributed by atoms with Gasteiger partial charge in [0.05, 0.1) is 27.4 Å². The zero-order chi connectivity index (χ0) is 17.6. The molecule has 0 bridgehead atoms. The minimum Gasteiger partial charge on any atom is -0.497 e. The minimum atomic E-state index is -0.165. The Balaban J connectivity index is 1.63. The zero-order valence-corrected chi connectivity index (χ0v) is 14.8. The van der Waals surface area contributed by atoms with E-state index in [-0.39, 0.29) is 18.1 Å². The smallest absolute Gasteiger partial charge is 0.246 e. The maximum atomic E-state index is 12.5. The van der Waals surface area contributed by atoms with Gasteiger partial charge in [0.25, 0.3) is 0 Å². The molecule has 2 aliphatic rings. The second-order valence-electron chi connectivity index (χ2n) is 6.28. The van der Waals surface area contributed by atoms with Crippen LogP contribution < -0.4 is 9.47 Å². The minimum absolute atomic E-state index is 0.00415. The monoisotopic (exact) mass is 347 g/mol. The normalized spacial score (nSPS) is 21.7. The number of hydrogen-bond acceptors (Lipinski definition) is 5. The summed E-state index contributed by atoms with van der Waals surface area (Å²) >= 11 is 0. The number of ether oxygens (including phenoxy) is 4. The Kier molecular flexibility index (Phi) is 5.94. The van der Waals surface area contributed by atoms with E-state index in [1.807, 2.05) is 17.0 Å². The molecule has 1 unspecified atom stereocenters. The van der Waals surface area contributed by atoms with E-state index in [4.69, 9.17) is 18.9 Å². The summed E-state index contributed by atoms with van der Waals surface area (Å²) in [6.45, 7) is 2.74. The summed E-state index contributed by atoms with van der Waals surface area (Å²) in [5, 5.41) is 0. The quantitative estimate of drug-likeness (QED) is 0.765. The lowest BCUT2D eigenvalue weighted by Crippen LogP contribution is -2.43. The third kappa shape index (κ3) is 4.52. The maximum absolute atomic E-state index is 12.5. The van der Waals surface area contributed by atoms with Crippen LogP contribution in [0, 0.1) is 5.92 Å². The molecule has 0 N–H and O–H groups in total. The van der Waals surface area contributed by atoms with Gasteiger partial charge in [-0.25, -0.2) is 0 Å². The molecule has 0 radical (unpaired) electrons. The van der Waals surface area contributed by atoms with Gasteiger partial charge >= 0.3 is 0 Å². The molecule has 0 saturated carbocycles. The number of carbonyl (C=O) groups is 1. The fraction of sp³-hybridized carbons (Fsp3) is 0.526. The summed E-state index contributed by atoms with van der Waals surface area (Å²) in [5.41, 5.74) is 0.862. The highest BCUT2D eigenvalue weighted by Gasteiger charge is 2.32. The number of likely N-dealkylation sites (tertiary alicyclic amines) is 1. The number of hydrogen-bond donors (Lipinski definition) is 0. The van der Waals surface area contributed by atoms with E-state index >= 15 is 0 Å². The highest BCUT2D eigenvalue weighted by Crippen LogP contribution is 2.26. The summed E-state index contributed by atoms with van der Waals surface area (Å²) in [7, 11) is 3.21. The number of amides is 1. The van der Waals surface area contributed by atoms with Gasteiger partial charge in [0.15, 0.2) is 6.29 Å². The largest absolute Gasteiger partial charge is 0.497 e. The molecule has 1 aromatic carbocycles. The first kappa shape index (κ1) is 17.8. The molecule has 2 saturated heterocycles. The second kappa shape index (κ2) is 8.36. The molecule has 0 spiro atoms. The van der Waals surface area contributed by atoms with Crippen LogP contribution in [-0.4, -0.2) is 57.6 Å². The molecule has 3 rings (SSSR count). The van der Waals surface area contributed by atoms with Gasteiger partial charge in [-0.05, 0) is 36.6 Å². The van der Waals surface area contributed by atoms with Gasteiger partial charge in [-0.1, -0.05) is 0 Å². The first-order valence-electron chi connectivity index (χ1n) is 8.63. The Hall–Kier alpha value is -2.05. The molecule has 1 aromatic rings. The molecule has 1 atom stereocenters. The van der Waals surface area contributed by atoms with Crippen LogP contribution in [0.4, 0.5) is 0 Å². The van der Waals surface area contributed by atoms with Crippen LogP contribution in [0.25, 0.3) is 6.08 Å². The third-order valence-corrected chi connectivity index (χ3v) is 4.59. The van der Waals surface area contributed by atoms with E-state index < -0.39 is 0 Å². The number of piperidine rings is 1. The molecule has 136 valence electrons. The van der Waals surface area contributed by atoms with E-state index in [9.17, 15) is 4.79 Å². The highest BCUT2D eigenvalue weighted by atomic mass is 16.7. The third-order valence-electron chi connectivity index (χ3n) is 4.59. The molecule has 2 aliphatic heterocycles. The summed E-state index contributed by atoms with van der Waals surface area (Å²) in [4.78, 5) is 14.4. The van der Waals surface area contributed by atoms with Gasteiger partial charge in [-0.3, -0.25) is 4.79 Å². The van der Waals surface area contributed by atoms with Crippen LogP contribution in [-0.2, 0) is 14.3 Å². The summed E-state index contributed by atoms with van der Waals surface area (Å²) in [6.07, 6.45) is 5.24. The SMILES string of the molecule is COc1cc(/C=C/C(=O)N2CCCC(C3OCCO3)C2)cc(OC)c1. The number of methoxy groups -OCH3 is 2. The Labute approximate surface area is 148 Å². The lowest BCUT2D eigenvalue weighted by atomic mass is 9.97. The van der Waals surface area contributed by atoms with Crippen molar-refractivity contribution in [3.8, 4) is 11.5 Å². The number of benzene rings is 1. The average Bonchev–Trinajstić information content (AvgIpc) is 3.20. The van der Waals surface area contributed by atoms with Crippen molar-refractivity contribution in [3.63, 3.8) is 0 Å². The first-order valence-corrected chi connectivity index (χ1v) is 8.63. The van der Waals surface area contributed by atoms with Crippen molar-refractivity contribution < 1.29 is 23.7 Å². The zero-order valence-electron chi connectivity index (χ0n) is 14.8. The predicted molar refractivity (Wildman–Crippen MR) is 93.6 cm³/mol. The molecular formula is C19H25NO5. The number of nitrogens with zero attached hydrogens (tertiary/aromatic N) is 1. The van der Waals surface area contributed by atoms with Gasteiger partial charge in [-0.2, -0.15) is 0 Å². The molecule has 2 fully saturated rings. The van der Waals surface area contributed by atoms with Gasteiger partial charge in [-0.15, -0.1) is 0 Å². The van der Waals surface area contributed by atoms with Crippen molar-refractivity contribution in [2.45, 2.75) is 19.1 Å². The molecule has 0 aliphatic carbocycles. The van der Waals surface area contributed by atoms with Crippen molar-refractivity contribution in [3.05, 3.63) is 29.8 Å². The molecular weight excluding hydrogens is 322 g/mol. The predicted octanol–water partition coefficient (Wildman–Crippen LogP) is 2.33. The van der Waals surface area contributed by atoms with E-state index in [1.54, 1.807) is 32.4 Å². The molecule has 1 amide bonds. The molecule has 25 heavy (non-hydrogen) atoms. The van der Waals surface area contributed by atoms with Gasteiger partial charge < -0.3 is 23.8 Å². The fourth-order valence-corrected chi connectivity index (χ4v) is 3.28. The van der Waals surface area contributed by atoms with Crippen molar-refractivity contribution in [2.75, 3.05) is 40.5 Å². The Bertz CT molecular complexity index is 602. The molecule has 6 nitrogen and oxygen atoms in total. The van der Waals surface area contributed by atoms with Crippen molar-refractivity contribution >= 4 is 12.0 Å².